The number of aryl methyl sites for hydroxylation is 2. The molecule has 1 saturated heterocycles. The molecule has 0 saturated carbocycles. The average molecular weight is 327 g/mol. The lowest BCUT2D eigenvalue weighted by atomic mass is 9.87. The maximum Gasteiger partial charge on any atom is 0.272 e. The molecule has 1 N–H and O–H groups in total. The molecule has 2 aromatic rings. The van der Waals surface area contributed by atoms with Crippen molar-refractivity contribution in [1.29, 1.82) is 0 Å². The van der Waals surface area contributed by atoms with Crippen LogP contribution in [0.2, 0.25) is 0 Å². The summed E-state index contributed by atoms with van der Waals surface area (Å²) in [6, 6.07) is 11.6. The van der Waals surface area contributed by atoms with E-state index < -0.39 is 6.10 Å². The van der Waals surface area contributed by atoms with Crippen molar-refractivity contribution in [1.82, 2.24) is 14.7 Å². The van der Waals surface area contributed by atoms with E-state index in [1.54, 1.807) is 4.68 Å². The van der Waals surface area contributed by atoms with Crippen LogP contribution in [0.15, 0.2) is 36.4 Å². The van der Waals surface area contributed by atoms with E-state index in [0.717, 1.165) is 24.1 Å². The van der Waals surface area contributed by atoms with Gasteiger partial charge in [-0.2, -0.15) is 5.10 Å². The van der Waals surface area contributed by atoms with Crippen molar-refractivity contribution in [2.24, 2.45) is 5.92 Å². The van der Waals surface area contributed by atoms with Crippen LogP contribution in [0.3, 0.4) is 0 Å². The highest BCUT2D eigenvalue weighted by Crippen LogP contribution is 2.31. The second-order valence-corrected chi connectivity index (χ2v) is 6.47. The number of hydrogen-bond acceptors (Lipinski definition) is 3. The first kappa shape index (κ1) is 16.7. The Bertz CT molecular complexity index is 688. The maximum absolute atomic E-state index is 12.7. The molecule has 0 bridgehead atoms. The fraction of sp³-hybridized carbons (Fsp3) is 0.474. The van der Waals surface area contributed by atoms with Crippen molar-refractivity contribution in [3.63, 3.8) is 0 Å². The van der Waals surface area contributed by atoms with E-state index >= 15 is 0 Å². The van der Waals surface area contributed by atoms with Crippen LogP contribution in [0.5, 0.6) is 0 Å². The summed E-state index contributed by atoms with van der Waals surface area (Å²) < 4.78 is 1.77. The first-order valence-corrected chi connectivity index (χ1v) is 8.67. The van der Waals surface area contributed by atoms with Crippen LogP contribution in [0.25, 0.3) is 0 Å². The van der Waals surface area contributed by atoms with Crippen molar-refractivity contribution >= 4 is 5.91 Å². The Hall–Kier alpha value is -2.14. The van der Waals surface area contributed by atoms with Gasteiger partial charge < -0.3 is 10.0 Å². The van der Waals surface area contributed by atoms with Gasteiger partial charge in [0.15, 0.2) is 0 Å². The number of carbonyl (C=O) groups is 1. The number of carbonyl (C=O) groups excluding carboxylic acids is 1. The number of aromatic nitrogens is 2. The van der Waals surface area contributed by atoms with Gasteiger partial charge in [0.25, 0.3) is 5.91 Å². The zero-order valence-electron chi connectivity index (χ0n) is 14.4. The third-order valence-corrected chi connectivity index (χ3v) is 4.84. The number of likely N-dealkylation sites (tertiary alicyclic amines) is 1. The lowest BCUT2D eigenvalue weighted by molar-refractivity contribution is 0.0454. The van der Waals surface area contributed by atoms with Gasteiger partial charge in [-0.05, 0) is 44.2 Å². The molecule has 5 nitrogen and oxygen atoms in total. The van der Waals surface area contributed by atoms with E-state index in [-0.39, 0.29) is 11.8 Å². The highest BCUT2D eigenvalue weighted by Gasteiger charge is 2.29. The van der Waals surface area contributed by atoms with Crippen LogP contribution in [-0.2, 0) is 6.54 Å². The summed E-state index contributed by atoms with van der Waals surface area (Å²) in [6.45, 7) is 5.96. The molecule has 1 amide bonds. The largest absolute Gasteiger partial charge is 0.388 e. The second-order valence-electron chi connectivity index (χ2n) is 6.47. The van der Waals surface area contributed by atoms with E-state index in [1.807, 2.05) is 55.1 Å². The van der Waals surface area contributed by atoms with Crippen LogP contribution < -0.4 is 0 Å². The summed E-state index contributed by atoms with van der Waals surface area (Å²) in [5.41, 5.74) is 2.49. The van der Waals surface area contributed by atoms with E-state index in [1.165, 1.54) is 0 Å². The minimum Gasteiger partial charge on any atom is -0.388 e. The summed E-state index contributed by atoms with van der Waals surface area (Å²) in [4.78, 5) is 14.6. The Morgan fingerprint density at radius 2 is 1.96 bits per heavy atom. The first-order valence-electron chi connectivity index (χ1n) is 8.67. The molecule has 2 heterocycles. The minimum absolute atomic E-state index is 0.0464. The zero-order chi connectivity index (χ0) is 17.1. The van der Waals surface area contributed by atoms with E-state index in [9.17, 15) is 9.90 Å². The van der Waals surface area contributed by atoms with Gasteiger partial charge in [0.1, 0.15) is 5.69 Å². The van der Waals surface area contributed by atoms with E-state index in [4.69, 9.17) is 0 Å². The molecule has 24 heavy (non-hydrogen) atoms. The summed E-state index contributed by atoms with van der Waals surface area (Å²) in [7, 11) is 0. The predicted molar refractivity (Wildman–Crippen MR) is 92.7 cm³/mol. The quantitative estimate of drug-likeness (QED) is 0.939. The molecule has 1 atom stereocenters. The molecule has 1 aromatic heterocycles. The lowest BCUT2D eigenvalue weighted by Gasteiger charge is -2.34. The Morgan fingerprint density at radius 3 is 2.58 bits per heavy atom. The number of piperidine rings is 1. The number of aliphatic hydroxyl groups is 1. The molecule has 0 radical (unpaired) electrons. The molecule has 1 aliphatic rings. The van der Waals surface area contributed by atoms with Crippen molar-refractivity contribution in [2.75, 3.05) is 13.1 Å². The number of amides is 1. The first-order chi connectivity index (χ1) is 11.6. The fourth-order valence-corrected chi connectivity index (χ4v) is 3.46. The Morgan fingerprint density at radius 1 is 1.29 bits per heavy atom. The topological polar surface area (TPSA) is 58.4 Å². The molecular formula is C19H25N3O2. The molecule has 128 valence electrons. The molecule has 5 heteroatoms. The third-order valence-electron chi connectivity index (χ3n) is 4.84. The van der Waals surface area contributed by atoms with Gasteiger partial charge in [-0.15, -0.1) is 0 Å². The van der Waals surface area contributed by atoms with Gasteiger partial charge in [-0.25, -0.2) is 0 Å². The lowest BCUT2D eigenvalue weighted by Crippen LogP contribution is -2.40. The molecular weight excluding hydrogens is 302 g/mol. The second kappa shape index (κ2) is 7.18. The van der Waals surface area contributed by atoms with Crippen LogP contribution in [-0.4, -0.2) is 38.8 Å². The zero-order valence-corrected chi connectivity index (χ0v) is 14.4. The maximum atomic E-state index is 12.7. The molecule has 3 rings (SSSR count). The van der Waals surface area contributed by atoms with E-state index in [0.29, 0.717) is 25.3 Å². The molecule has 1 aromatic carbocycles. The monoisotopic (exact) mass is 327 g/mol. The molecule has 0 aliphatic carbocycles. The number of nitrogens with zero attached hydrogens (tertiary/aromatic N) is 3. The van der Waals surface area contributed by atoms with Crippen LogP contribution in [0.4, 0.5) is 0 Å². The fourth-order valence-electron chi connectivity index (χ4n) is 3.46. The summed E-state index contributed by atoms with van der Waals surface area (Å²) in [5.74, 6) is 0.249. The van der Waals surface area contributed by atoms with Crippen LogP contribution in [0, 0.1) is 12.8 Å². The molecule has 0 spiro atoms. The highest BCUT2D eigenvalue weighted by atomic mass is 16.3. The standard InChI is InChI=1S/C19H25N3O2/c1-3-22-17(13-14(2)20-22)19(24)21-11-9-16(10-12-21)18(23)15-7-5-4-6-8-15/h4-8,13,16,18,23H,3,9-12H2,1-2H3. The summed E-state index contributed by atoms with van der Waals surface area (Å²) in [5, 5.41) is 14.9. The average Bonchev–Trinajstić information content (AvgIpc) is 3.02. The normalized spacial score (nSPS) is 17.0. The van der Waals surface area contributed by atoms with Gasteiger partial charge in [0.2, 0.25) is 0 Å². The van der Waals surface area contributed by atoms with Gasteiger partial charge in [-0.3, -0.25) is 9.48 Å². The number of rotatable bonds is 4. The molecule has 1 unspecified atom stereocenters. The predicted octanol–water partition coefficient (Wildman–Crippen LogP) is 2.80. The number of benzene rings is 1. The van der Waals surface area contributed by atoms with Gasteiger partial charge in [-0.1, -0.05) is 30.3 Å². The van der Waals surface area contributed by atoms with Crippen molar-refractivity contribution < 1.29 is 9.90 Å². The number of hydrogen-bond donors (Lipinski definition) is 1. The molecule has 1 aliphatic heterocycles. The van der Waals surface area contributed by atoms with Crippen molar-refractivity contribution in [3.8, 4) is 0 Å². The van der Waals surface area contributed by atoms with Gasteiger partial charge in [0.05, 0.1) is 11.8 Å². The van der Waals surface area contributed by atoms with Crippen LogP contribution >= 0.6 is 0 Å². The minimum atomic E-state index is -0.452. The SMILES string of the molecule is CCn1nc(C)cc1C(=O)N1CCC(C(O)c2ccccc2)CC1. The van der Waals surface area contributed by atoms with E-state index in [2.05, 4.69) is 5.10 Å². The van der Waals surface area contributed by atoms with Crippen molar-refractivity contribution in [3.05, 3.63) is 53.3 Å². The third kappa shape index (κ3) is 3.36. The molecule has 1 fully saturated rings. The Kier molecular flexibility index (Phi) is 5.00. The summed E-state index contributed by atoms with van der Waals surface area (Å²) >= 11 is 0. The van der Waals surface area contributed by atoms with Gasteiger partial charge in [0, 0.05) is 19.6 Å². The van der Waals surface area contributed by atoms with Crippen LogP contribution in [0.1, 0.15) is 47.6 Å². The Balaban J connectivity index is 1.63. The highest BCUT2D eigenvalue weighted by molar-refractivity contribution is 5.92. The van der Waals surface area contributed by atoms with Gasteiger partial charge >= 0.3 is 0 Å². The van der Waals surface area contributed by atoms with Crippen molar-refractivity contribution in [2.45, 2.75) is 39.3 Å². The number of aliphatic hydroxyl groups excluding tert-OH is 1. The smallest absolute Gasteiger partial charge is 0.272 e. The summed E-state index contributed by atoms with van der Waals surface area (Å²) in [6.07, 6.45) is 1.19. The Labute approximate surface area is 142 Å².